The normalized spacial score (nSPS) is 27.7. The Kier molecular flexibility index (Phi) is 7.04. The van der Waals surface area contributed by atoms with Crippen molar-refractivity contribution in [2.75, 3.05) is 33.2 Å². The average molecular weight is 390 g/mol. The van der Waals surface area contributed by atoms with E-state index in [2.05, 4.69) is 14.6 Å². The van der Waals surface area contributed by atoms with Crippen LogP contribution in [0.4, 0.5) is 4.79 Å². The van der Waals surface area contributed by atoms with Crippen LogP contribution in [0.5, 0.6) is 0 Å². The van der Waals surface area contributed by atoms with Crippen molar-refractivity contribution >= 4 is 29.6 Å². The van der Waals surface area contributed by atoms with E-state index >= 15 is 0 Å². The van der Waals surface area contributed by atoms with E-state index in [1.54, 1.807) is 16.8 Å². The maximum Gasteiger partial charge on any atom is 0.410 e. The lowest BCUT2D eigenvalue weighted by Gasteiger charge is -2.39. The summed E-state index contributed by atoms with van der Waals surface area (Å²) >= 11 is 7.88. The minimum Gasteiger partial charge on any atom is -0.444 e. The summed E-state index contributed by atoms with van der Waals surface area (Å²) in [6.07, 6.45) is 4.30. The Bertz CT molecular complexity index is 541. The van der Waals surface area contributed by atoms with E-state index in [0.717, 1.165) is 23.2 Å². The summed E-state index contributed by atoms with van der Waals surface area (Å²) in [7, 11) is 1.98. The molecule has 1 amide bonds. The van der Waals surface area contributed by atoms with Gasteiger partial charge >= 0.3 is 6.09 Å². The van der Waals surface area contributed by atoms with Crippen molar-refractivity contribution < 1.29 is 9.53 Å². The molecule has 1 unspecified atom stereocenters. The van der Waals surface area contributed by atoms with Gasteiger partial charge in [-0.15, -0.1) is 0 Å². The molecule has 1 saturated heterocycles. The van der Waals surface area contributed by atoms with Crippen LogP contribution in [0.15, 0.2) is 22.2 Å². The fourth-order valence-electron chi connectivity index (χ4n) is 2.55. The first-order valence-electron chi connectivity index (χ1n) is 8.36. The zero-order valence-electron chi connectivity index (χ0n) is 15.3. The van der Waals surface area contributed by atoms with Crippen molar-refractivity contribution in [1.29, 1.82) is 0 Å². The first-order valence-corrected chi connectivity index (χ1v) is 9.51. The second-order valence-corrected chi connectivity index (χ2v) is 8.76. The lowest BCUT2D eigenvalue weighted by atomic mass is 10.2. The number of ether oxygens (including phenoxy) is 1. The van der Waals surface area contributed by atoms with Gasteiger partial charge in [0, 0.05) is 37.6 Å². The van der Waals surface area contributed by atoms with E-state index < -0.39 is 5.60 Å². The van der Waals surface area contributed by atoms with Gasteiger partial charge in [-0.05, 0) is 51.9 Å². The molecule has 0 saturated carbocycles. The van der Waals surface area contributed by atoms with Crippen molar-refractivity contribution in [3.63, 3.8) is 0 Å². The van der Waals surface area contributed by atoms with Gasteiger partial charge in [0.05, 0.1) is 11.2 Å². The number of piperazine rings is 1. The van der Waals surface area contributed by atoms with Gasteiger partial charge in [0.2, 0.25) is 0 Å². The third-order valence-corrected chi connectivity index (χ3v) is 5.31. The van der Waals surface area contributed by atoms with Gasteiger partial charge in [-0.3, -0.25) is 5.84 Å². The molecule has 2 heterocycles. The van der Waals surface area contributed by atoms with Crippen LogP contribution >= 0.6 is 23.5 Å². The highest BCUT2D eigenvalue weighted by atomic mass is 35.5. The number of nitrogens with two attached hydrogens (primary N) is 1. The predicted octanol–water partition coefficient (Wildman–Crippen LogP) is 2.28. The van der Waals surface area contributed by atoms with E-state index in [0.29, 0.717) is 19.5 Å². The number of halogens is 1. The highest BCUT2D eigenvalue weighted by molar-refractivity contribution is 8.00. The van der Waals surface area contributed by atoms with E-state index in [1.165, 1.54) is 0 Å². The number of amides is 1. The maximum atomic E-state index is 12.2. The van der Waals surface area contributed by atoms with Crippen LogP contribution in [0.3, 0.4) is 0 Å². The Balaban J connectivity index is 1.98. The number of rotatable bonds is 2. The summed E-state index contributed by atoms with van der Waals surface area (Å²) in [5.41, 5.74) is 2.31. The summed E-state index contributed by atoms with van der Waals surface area (Å²) in [5.74, 6) is 5.62. The van der Waals surface area contributed by atoms with Crippen LogP contribution in [0.25, 0.3) is 0 Å². The molecule has 0 aromatic heterocycles. The first kappa shape index (κ1) is 20.4. The van der Waals surface area contributed by atoms with Crippen LogP contribution in [0, 0.1) is 0 Å². The smallest absolute Gasteiger partial charge is 0.410 e. The zero-order valence-corrected chi connectivity index (χ0v) is 16.9. The minimum atomic E-state index is -0.472. The number of carbonyl (C=O) groups excluding carboxylic acids is 1. The molecule has 7 nitrogen and oxygen atoms in total. The Morgan fingerprint density at radius 1 is 1.32 bits per heavy atom. The predicted molar refractivity (Wildman–Crippen MR) is 102 cm³/mol. The number of nitrogens with zero attached hydrogens (tertiary/aromatic N) is 3. The van der Waals surface area contributed by atoms with Crippen LogP contribution < -0.4 is 11.3 Å². The van der Waals surface area contributed by atoms with Gasteiger partial charge in [-0.2, -0.15) is 0 Å². The van der Waals surface area contributed by atoms with Crippen molar-refractivity contribution in [2.45, 2.75) is 39.0 Å². The third kappa shape index (κ3) is 6.07. The summed E-state index contributed by atoms with van der Waals surface area (Å²) in [5, 5.41) is 1.84. The molecule has 0 aliphatic carbocycles. The minimum absolute atomic E-state index is 0.0412. The molecule has 0 bridgehead atoms. The molecular weight excluding hydrogens is 362 g/mol. The van der Waals surface area contributed by atoms with Crippen molar-refractivity contribution in [3.8, 4) is 0 Å². The second-order valence-electron chi connectivity index (χ2n) is 7.10. The standard InChI is InChI=1S/C16H28ClN5O2S/c1-16(2,3)24-15(23)22-9-7-21(8-10-22)14-6-5-12(17)11-13(19-18)20(4)25-14/h5-6,13,19H,7-11,18H2,1-4H3/b12-5+,14-6+. The average Bonchev–Trinajstić information content (AvgIpc) is 2.53. The van der Waals surface area contributed by atoms with Gasteiger partial charge in [0.25, 0.3) is 0 Å². The molecule has 9 heteroatoms. The lowest BCUT2D eigenvalue weighted by molar-refractivity contribution is 0.0174. The fraction of sp³-hybridized carbons (Fsp3) is 0.688. The molecule has 0 aromatic rings. The molecule has 1 atom stereocenters. The lowest BCUT2D eigenvalue weighted by Crippen LogP contribution is -2.50. The summed E-state index contributed by atoms with van der Waals surface area (Å²) < 4.78 is 7.50. The van der Waals surface area contributed by atoms with Crippen molar-refractivity contribution in [2.24, 2.45) is 5.84 Å². The Labute approximate surface area is 159 Å². The molecule has 2 aliphatic heterocycles. The Morgan fingerprint density at radius 2 is 1.96 bits per heavy atom. The molecule has 0 spiro atoms. The maximum absolute atomic E-state index is 12.2. The van der Waals surface area contributed by atoms with Gasteiger partial charge < -0.3 is 14.5 Å². The molecule has 0 radical (unpaired) electrons. The van der Waals surface area contributed by atoms with Crippen molar-refractivity contribution in [1.82, 2.24) is 19.5 Å². The number of nitrogens with one attached hydrogen (secondary N) is 1. The first-order chi connectivity index (χ1) is 11.7. The molecule has 1 fully saturated rings. The molecule has 0 aromatic carbocycles. The van der Waals surface area contributed by atoms with Gasteiger partial charge in [-0.1, -0.05) is 11.6 Å². The van der Waals surface area contributed by atoms with E-state index in [9.17, 15) is 4.79 Å². The number of hydrogen-bond donors (Lipinski definition) is 2. The quantitative estimate of drug-likeness (QED) is 0.426. The molecule has 2 rings (SSSR count). The Morgan fingerprint density at radius 3 is 2.52 bits per heavy atom. The second kappa shape index (κ2) is 8.64. The summed E-state index contributed by atoms with van der Waals surface area (Å²) in [6, 6.07) is 0. The fourth-order valence-corrected chi connectivity index (χ4v) is 3.74. The summed E-state index contributed by atoms with van der Waals surface area (Å²) in [4.78, 5) is 16.2. The van der Waals surface area contributed by atoms with Gasteiger partial charge in [0.15, 0.2) is 0 Å². The SMILES string of the molecule is CN1S/C(N2CCN(C(=O)OC(C)(C)C)CC2)=C/C=C(/Cl)CC1NN. The molecule has 2 aliphatic rings. The van der Waals surface area contributed by atoms with E-state index in [4.69, 9.17) is 22.2 Å². The number of carbonyl (C=O) groups is 1. The molecular formula is C16H28ClN5O2S. The van der Waals surface area contributed by atoms with Gasteiger partial charge in [-0.25, -0.2) is 14.5 Å². The van der Waals surface area contributed by atoms with Crippen molar-refractivity contribution in [3.05, 3.63) is 22.2 Å². The molecule has 3 N–H and O–H groups in total. The van der Waals surface area contributed by atoms with Crippen LogP contribution in [-0.2, 0) is 4.74 Å². The number of hydrogen-bond acceptors (Lipinski definition) is 7. The Hall–Kier alpha value is -0.930. The monoisotopic (exact) mass is 389 g/mol. The summed E-state index contributed by atoms with van der Waals surface area (Å²) in [6.45, 7) is 8.40. The van der Waals surface area contributed by atoms with Crippen LogP contribution in [0.1, 0.15) is 27.2 Å². The highest BCUT2D eigenvalue weighted by Gasteiger charge is 2.28. The van der Waals surface area contributed by atoms with Gasteiger partial charge in [0.1, 0.15) is 5.60 Å². The largest absolute Gasteiger partial charge is 0.444 e. The molecule has 142 valence electrons. The number of hydrazine groups is 1. The zero-order chi connectivity index (χ0) is 18.6. The highest BCUT2D eigenvalue weighted by Crippen LogP contribution is 2.30. The third-order valence-electron chi connectivity index (χ3n) is 3.91. The van der Waals surface area contributed by atoms with E-state index in [1.807, 2.05) is 40.0 Å². The van der Waals surface area contributed by atoms with Crippen LogP contribution in [0.2, 0.25) is 0 Å². The number of allylic oxidation sites excluding steroid dienone is 2. The topological polar surface area (TPSA) is 74.1 Å². The van der Waals surface area contributed by atoms with Crippen LogP contribution in [-0.4, -0.2) is 65.2 Å². The molecule has 25 heavy (non-hydrogen) atoms. The van der Waals surface area contributed by atoms with E-state index in [-0.39, 0.29) is 12.3 Å².